The maximum absolute atomic E-state index is 13.0. The first-order valence-corrected chi connectivity index (χ1v) is 8.79. The summed E-state index contributed by atoms with van der Waals surface area (Å²) in [5.74, 6) is -2.41. The van der Waals surface area contributed by atoms with Crippen molar-refractivity contribution in [2.24, 2.45) is 17.8 Å². The predicted molar refractivity (Wildman–Crippen MR) is 79.2 cm³/mol. The van der Waals surface area contributed by atoms with Crippen molar-refractivity contribution in [3.8, 4) is 0 Å². The van der Waals surface area contributed by atoms with Crippen LogP contribution in [0.1, 0.15) is 51.4 Å². The van der Waals surface area contributed by atoms with Crippen molar-refractivity contribution in [1.29, 1.82) is 0 Å². The van der Waals surface area contributed by atoms with Crippen LogP contribution in [-0.4, -0.2) is 23.5 Å². The van der Waals surface area contributed by atoms with Crippen LogP contribution in [0.4, 0.5) is 13.2 Å². The second-order valence-corrected chi connectivity index (χ2v) is 7.52. The molecule has 2 aliphatic rings. The van der Waals surface area contributed by atoms with Crippen LogP contribution in [0.5, 0.6) is 0 Å². The molecule has 2 rings (SSSR count). The Morgan fingerprint density at radius 2 is 1.67 bits per heavy atom. The van der Waals surface area contributed by atoms with Crippen molar-refractivity contribution in [2.45, 2.75) is 62.4 Å². The van der Waals surface area contributed by atoms with E-state index in [0.29, 0.717) is 30.1 Å². The van der Waals surface area contributed by atoms with E-state index < -0.39 is 23.9 Å². The van der Waals surface area contributed by atoms with Crippen molar-refractivity contribution >= 4 is 21.8 Å². The van der Waals surface area contributed by atoms with Gasteiger partial charge in [0.05, 0.1) is 5.92 Å². The summed E-state index contributed by atoms with van der Waals surface area (Å²) in [6.07, 6.45) is 1.90. The van der Waals surface area contributed by atoms with Gasteiger partial charge in [0.15, 0.2) is 0 Å². The number of amides is 1. The number of nitrogens with one attached hydrogen (secondary N) is 1. The lowest BCUT2D eigenvalue weighted by Gasteiger charge is -2.33. The Morgan fingerprint density at radius 3 is 2.33 bits per heavy atom. The smallest absolute Gasteiger partial charge is 0.356 e. The molecule has 0 spiro atoms. The van der Waals surface area contributed by atoms with Crippen LogP contribution < -0.4 is 5.32 Å². The van der Waals surface area contributed by atoms with Gasteiger partial charge in [0, 0.05) is 17.3 Å². The number of halogens is 4. The van der Waals surface area contributed by atoms with E-state index in [1.54, 1.807) is 0 Å². The molecular weight excluding hydrogens is 347 g/mol. The first kappa shape index (κ1) is 17.1. The van der Waals surface area contributed by atoms with E-state index in [1.165, 1.54) is 6.42 Å². The van der Waals surface area contributed by atoms with E-state index in [0.717, 1.165) is 25.7 Å². The highest BCUT2D eigenvalue weighted by Crippen LogP contribution is 2.41. The molecule has 1 amide bonds. The van der Waals surface area contributed by atoms with E-state index in [2.05, 4.69) is 21.2 Å². The van der Waals surface area contributed by atoms with Crippen LogP contribution in [0.25, 0.3) is 0 Å². The Labute approximate surface area is 132 Å². The molecule has 0 aromatic carbocycles. The lowest BCUT2D eigenvalue weighted by molar-refractivity contribution is -0.198. The van der Waals surface area contributed by atoms with Gasteiger partial charge < -0.3 is 5.32 Å². The molecule has 0 aromatic rings. The Hall–Kier alpha value is -0.260. The number of carbonyl (C=O) groups is 1. The van der Waals surface area contributed by atoms with E-state index in [-0.39, 0.29) is 6.42 Å². The van der Waals surface area contributed by atoms with Gasteiger partial charge in [0.25, 0.3) is 0 Å². The van der Waals surface area contributed by atoms with E-state index in [1.807, 2.05) is 0 Å². The zero-order chi connectivity index (χ0) is 15.5. The molecule has 122 valence electrons. The van der Waals surface area contributed by atoms with Crippen molar-refractivity contribution in [1.82, 2.24) is 5.32 Å². The van der Waals surface area contributed by atoms with Crippen molar-refractivity contribution in [3.63, 3.8) is 0 Å². The quantitative estimate of drug-likeness (QED) is 0.732. The minimum absolute atomic E-state index is 0.0894. The lowest BCUT2D eigenvalue weighted by atomic mass is 9.78. The van der Waals surface area contributed by atoms with Gasteiger partial charge >= 0.3 is 6.18 Å². The SMILES string of the molecule is O=C(NCC1CCCCC1Br)C1CCCCC1C(F)(F)F. The van der Waals surface area contributed by atoms with Gasteiger partial charge in [-0.1, -0.05) is 41.6 Å². The maximum atomic E-state index is 13.0. The molecule has 0 saturated heterocycles. The highest BCUT2D eigenvalue weighted by Gasteiger charge is 2.48. The molecule has 21 heavy (non-hydrogen) atoms. The third-order valence-electron chi connectivity index (χ3n) is 4.88. The van der Waals surface area contributed by atoms with Crippen molar-refractivity contribution < 1.29 is 18.0 Å². The Morgan fingerprint density at radius 1 is 1.05 bits per heavy atom. The third-order valence-corrected chi connectivity index (χ3v) is 6.08. The normalized spacial score (nSPS) is 34.5. The third kappa shape index (κ3) is 4.60. The molecule has 6 heteroatoms. The highest BCUT2D eigenvalue weighted by atomic mass is 79.9. The molecule has 2 saturated carbocycles. The summed E-state index contributed by atoms with van der Waals surface area (Å²) in [4.78, 5) is 12.5. The van der Waals surface area contributed by atoms with Crippen LogP contribution in [0.2, 0.25) is 0 Å². The van der Waals surface area contributed by atoms with Gasteiger partial charge in [0.1, 0.15) is 0 Å². The summed E-state index contributed by atoms with van der Waals surface area (Å²) in [6, 6.07) is 0. The number of rotatable bonds is 3. The van der Waals surface area contributed by atoms with E-state index in [9.17, 15) is 18.0 Å². The Kier molecular flexibility index (Phi) is 5.97. The molecule has 2 aliphatic carbocycles. The second kappa shape index (κ2) is 7.34. The Bertz CT molecular complexity index is 361. The molecule has 1 N–H and O–H groups in total. The number of carbonyl (C=O) groups excluding carboxylic acids is 1. The molecule has 0 aliphatic heterocycles. The minimum atomic E-state index is -4.26. The Balaban J connectivity index is 1.88. The fourth-order valence-electron chi connectivity index (χ4n) is 3.59. The summed E-state index contributed by atoms with van der Waals surface area (Å²) < 4.78 is 39.1. The molecule has 0 radical (unpaired) electrons. The maximum Gasteiger partial charge on any atom is 0.392 e. The standard InChI is InChI=1S/C15H23BrF3NO/c16-13-8-4-1-5-10(13)9-20-14(21)11-6-2-3-7-12(11)15(17,18)19/h10-13H,1-9H2,(H,20,21). The molecule has 0 heterocycles. The number of alkyl halides is 4. The molecule has 0 bridgehead atoms. The highest BCUT2D eigenvalue weighted by molar-refractivity contribution is 9.09. The van der Waals surface area contributed by atoms with Gasteiger partial charge in [-0.15, -0.1) is 0 Å². The fourth-order valence-corrected chi connectivity index (χ4v) is 4.37. The summed E-state index contributed by atoms with van der Waals surface area (Å²) in [5.41, 5.74) is 0. The molecule has 4 unspecified atom stereocenters. The lowest BCUT2D eigenvalue weighted by Crippen LogP contribution is -2.44. The molecule has 2 fully saturated rings. The monoisotopic (exact) mass is 369 g/mol. The second-order valence-electron chi connectivity index (χ2n) is 6.34. The number of hydrogen-bond donors (Lipinski definition) is 1. The average molecular weight is 370 g/mol. The first-order valence-electron chi connectivity index (χ1n) is 7.88. The molecule has 2 nitrogen and oxygen atoms in total. The minimum Gasteiger partial charge on any atom is -0.356 e. The van der Waals surface area contributed by atoms with Gasteiger partial charge in [-0.25, -0.2) is 0 Å². The summed E-state index contributed by atoms with van der Waals surface area (Å²) in [6.45, 7) is 0.496. The predicted octanol–water partition coefficient (Wildman–Crippen LogP) is 4.43. The first-order chi connectivity index (χ1) is 9.89. The summed E-state index contributed by atoms with van der Waals surface area (Å²) in [5, 5.41) is 2.79. The molecule has 0 aromatic heterocycles. The average Bonchev–Trinajstić information content (AvgIpc) is 2.45. The van der Waals surface area contributed by atoms with Crippen LogP contribution in [0.15, 0.2) is 0 Å². The van der Waals surface area contributed by atoms with Crippen LogP contribution >= 0.6 is 15.9 Å². The molecular formula is C15H23BrF3NO. The summed E-state index contributed by atoms with van der Waals surface area (Å²) in [7, 11) is 0. The van der Waals surface area contributed by atoms with Gasteiger partial charge in [-0.3, -0.25) is 4.79 Å². The van der Waals surface area contributed by atoms with Crippen molar-refractivity contribution in [2.75, 3.05) is 6.54 Å². The van der Waals surface area contributed by atoms with Gasteiger partial charge in [-0.2, -0.15) is 13.2 Å². The van der Waals surface area contributed by atoms with Gasteiger partial charge in [0.2, 0.25) is 5.91 Å². The van der Waals surface area contributed by atoms with Crippen LogP contribution in [0, 0.1) is 17.8 Å². The zero-order valence-electron chi connectivity index (χ0n) is 12.1. The topological polar surface area (TPSA) is 29.1 Å². The van der Waals surface area contributed by atoms with Crippen LogP contribution in [0.3, 0.4) is 0 Å². The van der Waals surface area contributed by atoms with E-state index >= 15 is 0 Å². The number of hydrogen-bond acceptors (Lipinski definition) is 1. The van der Waals surface area contributed by atoms with E-state index in [4.69, 9.17) is 0 Å². The van der Waals surface area contributed by atoms with Crippen molar-refractivity contribution in [3.05, 3.63) is 0 Å². The largest absolute Gasteiger partial charge is 0.392 e. The van der Waals surface area contributed by atoms with Gasteiger partial charge in [-0.05, 0) is 31.6 Å². The molecule has 4 atom stereocenters. The zero-order valence-corrected chi connectivity index (χ0v) is 13.7. The fraction of sp³-hybridized carbons (Fsp3) is 0.933. The summed E-state index contributed by atoms with van der Waals surface area (Å²) >= 11 is 3.61. The van der Waals surface area contributed by atoms with Crippen LogP contribution in [-0.2, 0) is 4.79 Å².